The van der Waals surface area contributed by atoms with Gasteiger partial charge in [-0.15, -0.1) is 0 Å². The van der Waals surface area contributed by atoms with Gasteiger partial charge in [-0.3, -0.25) is 10.1 Å². The van der Waals surface area contributed by atoms with Gasteiger partial charge in [-0.25, -0.2) is 9.55 Å². The maximum absolute atomic E-state index is 10.6. The number of hydrogen-bond acceptors (Lipinski definition) is 2. The van der Waals surface area contributed by atoms with Crippen molar-refractivity contribution in [2.24, 2.45) is 0 Å². The van der Waals surface area contributed by atoms with Gasteiger partial charge in [0.15, 0.2) is 0 Å². The average Bonchev–Trinajstić information content (AvgIpc) is 2.78. The first-order chi connectivity index (χ1) is 8.22. The first-order valence-electron chi connectivity index (χ1n) is 5.54. The molecule has 1 aromatic carbocycles. The van der Waals surface area contributed by atoms with E-state index in [1.807, 2.05) is 12.4 Å². The Morgan fingerprint density at radius 2 is 2.00 bits per heavy atom. The normalized spacial score (nSPS) is 9.83. The minimum absolute atomic E-state index is 0. The number of H-pyrrole nitrogens is 1. The zero-order chi connectivity index (χ0) is 12.3. The van der Waals surface area contributed by atoms with Crippen LogP contribution in [0, 0.1) is 10.1 Å². The zero-order valence-corrected chi connectivity index (χ0v) is 11.6. The van der Waals surface area contributed by atoms with Gasteiger partial charge in [-0.05, 0) is 18.6 Å². The van der Waals surface area contributed by atoms with E-state index in [-0.39, 0.29) is 22.7 Å². The fourth-order valence-corrected chi connectivity index (χ4v) is 1.78. The van der Waals surface area contributed by atoms with E-state index < -0.39 is 4.92 Å². The van der Waals surface area contributed by atoms with Gasteiger partial charge in [-0.2, -0.15) is 0 Å². The second kappa shape index (κ2) is 6.30. The largest absolute Gasteiger partial charge is 1.00 e. The number of nitrogens with one attached hydrogen (secondary N) is 1. The van der Waals surface area contributed by atoms with E-state index in [2.05, 4.69) is 16.5 Å². The van der Waals surface area contributed by atoms with Crippen LogP contribution in [0.4, 0.5) is 5.69 Å². The van der Waals surface area contributed by atoms with Crippen LogP contribution in [0.1, 0.15) is 13.3 Å². The van der Waals surface area contributed by atoms with E-state index in [4.69, 9.17) is 0 Å². The maximum Gasteiger partial charge on any atom is 0.286 e. The number of nitro benzene ring substituents is 1. The zero-order valence-electron chi connectivity index (χ0n) is 9.97. The third kappa shape index (κ3) is 2.95. The number of benzene rings is 1. The lowest BCUT2D eigenvalue weighted by atomic mass is 10.2. The van der Waals surface area contributed by atoms with Crippen molar-refractivity contribution in [2.75, 3.05) is 0 Å². The van der Waals surface area contributed by atoms with Crippen LogP contribution < -0.4 is 21.5 Å². The van der Waals surface area contributed by atoms with Crippen molar-refractivity contribution in [3.05, 3.63) is 46.8 Å². The van der Waals surface area contributed by atoms with E-state index in [0.717, 1.165) is 24.4 Å². The quantitative estimate of drug-likeness (QED) is 0.461. The monoisotopic (exact) mass is 311 g/mol. The summed E-state index contributed by atoms with van der Waals surface area (Å²) in [4.78, 5) is 13.3. The number of imidazole rings is 1. The second-order valence-corrected chi connectivity index (χ2v) is 3.81. The highest BCUT2D eigenvalue weighted by atomic mass is 79.9. The number of halogens is 1. The van der Waals surface area contributed by atoms with E-state index in [9.17, 15) is 10.1 Å². The molecular formula is C12H14BrN3O2. The van der Waals surface area contributed by atoms with Gasteiger partial charge < -0.3 is 17.0 Å². The third-order valence-corrected chi connectivity index (χ3v) is 2.58. The highest BCUT2D eigenvalue weighted by molar-refractivity contribution is 5.54. The van der Waals surface area contributed by atoms with Crippen molar-refractivity contribution in [1.82, 2.24) is 4.98 Å². The molecular weight excluding hydrogens is 298 g/mol. The maximum atomic E-state index is 10.6. The molecule has 0 aliphatic heterocycles. The van der Waals surface area contributed by atoms with Gasteiger partial charge in [0.05, 0.1) is 17.0 Å². The van der Waals surface area contributed by atoms with Gasteiger partial charge in [-0.1, -0.05) is 6.92 Å². The lowest BCUT2D eigenvalue weighted by molar-refractivity contribution is -0.684. The van der Waals surface area contributed by atoms with Crippen LogP contribution >= 0.6 is 0 Å². The molecule has 0 atom stereocenters. The van der Waals surface area contributed by atoms with Crippen molar-refractivity contribution < 1.29 is 26.5 Å². The summed E-state index contributed by atoms with van der Waals surface area (Å²) in [6, 6.07) is 6.56. The highest BCUT2D eigenvalue weighted by Crippen LogP contribution is 2.18. The number of aryl methyl sites for hydroxylation is 1. The number of aromatic nitrogens is 2. The van der Waals surface area contributed by atoms with Gasteiger partial charge in [0, 0.05) is 12.1 Å². The second-order valence-electron chi connectivity index (χ2n) is 3.81. The Labute approximate surface area is 115 Å². The highest BCUT2D eigenvalue weighted by Gasteiger charge is 2.13. The van der Waals surface area contributed by atoms with Crippen LogP contribution in [0.2, 0.25) is 0 Å². The van der Waals surface area contributed by atoms with Gasteiger partial charge in [0.1, 0.15) is 12.4 Å². The van der Waals surface area contributed by atoms with Gasteiger partial charge in [0.2, 0.25) is 0 Å². The summed E-state index contributed by atoms with van der Waals surface area (Å²) in [5, 5.41) is 10.6. The molecule has 0 aliphatic rings. The molecule has 0 radical (unpaired) electrons. The molecule has 0 fully saturated rings. The first-order valence-corrected chi connectivity index (χ1v) is 5.54. The van der Waals surface area contributed by atoms with Crippen LogP contribution in [-0.4, -0.2) is 9.91 Å². The molecule has 0 aliphatic carbocycles. The fourth-order valence-electron chi connectivity index (χ4n) is 1.78. The minimum atomic E-state index is -0.390. The van der Waals surface area contributed by atoms with Crippen LogP contribution in [0.25, 0.3) is 11.4 Å². The number of nitrogens with zero attached hydrogens (tertiary/aromatic N) is 2. The lowest BCUT2D eigenvalue weighted by Gasteiger charge is -1.99. The summed E-state index contributed by atoms with van der Waals surface area (Å²) in [7, 11) is 0. The topological polar surface area (TPSA) is 62.8 Å². The van der Waals surface area contributed by atoms with Crippen LogP contribution in [0.5, 0.6) is 0 Å². The van der Waals surface area contributed by atoms with Crippen molar-refractivity contribution >= 4 is 5.69 Å². The smallest absolute Gasteiger partial charge is 0.286 e. The number of rotatable bonds is 4. The van der Waals surface area contributed by atoms with E-state index >= 15 is 0 Å². The molecule has 2 aromatic rings. The Bertz CT molecular complexity index is 522. The summed E-state index contributed by atoms with van der Waals surface area (Å²) in [5.41, 5.74) is 1.07. The SMILES string of the molecule is CCC[n+]1cc[nH]c1-c1ccc([N+](=O)[O-])cc1.[Br-]. The molecule has 0 saturated heterocycles. The summed E-state index contributed by atoms with van der Waals surface area (Å²) in [6.07, 6.45) is 4.88. The standard InChI is InChI=1S/C12H13N3O2.BrH/c1-2-8-14-9-7-13-12(14)10-3-5-11(6-4-10)15(16)17;/h3-7,9H,2,8H2,1H3;1H. The van der Waals surface area contributed by atoms with E-state index in [1.54, 1.807) is 12.1 Å². The predicted octanol–water partition coefficient (Wildman–Crippen LogP) is -0.709. The summed E-state index contributed by atoms with van der Waals surface area (Å²) in [6.45, 7) is 3.04. The van der Waals surface area contributed by atoms with Crippen molar-refractivity contribution in [2.45, 2.75) is 19.9 Å². The molecule has 6 heteroatoms. The molecule has 0 saturated carbocycles. The van der Waals surface area contributed by atoms with Crippen LogP contribution in [0.15, 0.2) is 36.7 Å². The Hall–Kier alpha value is -1.69. The van der Waals surface area contributed by atoms with Crippen LogP contribution in [0.3, 0.4) is 0 Å². The molecule has 96 valence electrons. The van der Waals surface area contributed by atoms with Crippen molar-refractivity contribution in [3.8, 4) is 11.4 Å². The van der Waals surface area contributed by atoms with Gasteiger partial charge >= 0.3 is 0 Å². The predicted molar refractivity (Wildman–Crippen MR) is 63.4 cm³/mol. The molecule has 0 bridgehead atoms. The summed E-state index contributed by atoms with van der Waals surface area (Å²) >= 11 is 0. The number of hydrogen-bond donors (Lipinski definition) is 1. The molecule has 1 N–H and O–H groups in total. The Balaban J connectivity index is 0.00000162. The van der Waals surface area contributed by atoms with Crippen LogP contribution in [-0.2, 0) is 6.54 Å². The van der Waals surface area contributed by atoms with Crippen molar-refractivity contribution in [1.29, 1.82) is 0 Å². The average molecular weight is 312 g/mol. The first kappa shape index (κ1) is 14.4. The number of aromatic amines is 1. The Morgan fingerprint density at radius 3 is 2.56 bits per heavy atom. The molecule has 5 nitrogen and oxygen atoms in total. The summed E-state index contributed by atoms with van der Waals surface area (Å²) in [5.74, 6) is 0.974. The molecule has 2 rings (SSSR count). The number of nitro groups is 1. The van der Waals surface area contributed by atoms with E-state index in [1.165, 1.54) is 12.1 Å². The fraction of sp³-hybridized carbons (Fsp3) is 0.250. The molecule has 0 spiro atoms. The molecule has 0 amide bonds. The lowest BCUT2D eigenvalue weighted by Crippen LogP contribution is -3.00. The molecule has 1 heterocycles. The molecule has 1 aromatic heterocycles. The number of non-ortho nitro benzene ring substituents is 1. The van der Waals surface area contributed by atoms with Crippen molar-refractivity contribution in [3.63, 3.8) is 0 Å². The Morgan fingerprint density at radius 1 is 1.33 bits per heavy atom. The van der Waals surface area contributed by atoms with Gasteiger partial charge in [0.25, 0.3) is 11.5 Å². The molecule has 0 unspecified atom stereocenters. The van der Waals surface area contributed by atoms with E-state index in [0.29, 0.717) is 0 Å². The Kier molecular flexibility index (Phi) is 5.03. The third-order valence-electron chi connectivity index (χ3n) is 2.58. The minimum Gasteiger partial charge on any atom is -1.00 e. The molecule has 18 heavy (non-hydrogen) atoms. The summed E-state index contributed by atoms with van der Waals surface area (Å²) < 4.78 is 2.10.